The Morgan fingerprint density at radius 3 is 2.29 bits per heavy atom. The Labute approximate surface area is 179 Å². The number of carboxylic acid groups (broad SMARTS) is 1. The number of benzene rings is 2. The monoisotopic (exact) mass is 415 g/mol. The lowest BCUT2D eigenvalue weighted by atomic mass is 10.1. The largest absolute Gasteiger partial charge is 0.480 e. The van der Waals surface area contributed by atoms with E-state index < -0.39 is 24.5 Å². The molecule has 1 saturated heterocycles. The molecule has 0 spiro atoms. The molecular weight excluding hydrogens is 394 g/mol. The number of hydrogen-bond donors (Lipinski definition) is 2. The Balaban J connectivity index is 1.64. The number of carbonyl (C=O) groups excluding carboxylic acids is 2. The Hall–Kier alpha value is -4.13. The molecular formula is C24H21N3O4. The average Bonchev–Trinajstić information content (AvgIpc) is 3.18. The Kier molecular flexibility index (Phi) is 5.17. The summed E-state index contributed by atoms with van der Waals surface area (Å²) >= 11 is 0. The van der Waals surface area contributed by atoms with E-state index in [1.165, 1.54) is 0 Å². The van der Waals surface area contributed by atoms with Gasteiger partial charge in [-0.3, -0.25) is 9.59 Å². The lowest BCUT2D eigenvalue weighted by Crippen LogP contribution is -2.35. The van der Waals surface area contributed by atoms with E-state index in [0.29, 0.717) is 4.90 Å². The van der Waals surface area contributed by atoms with Gasteiger partial charge in [-0.15, -0.1) is 0 Å². The molecule has 2 N–H and O–H groups in total. The predicted molar refractivity (Wildman–Crippen MR) is 117 cm³/mol. The fraction of sp³-hybridized carbons (Fsp3) is 0.125. The molecule has 3 amide bonds. The van der Waals surface area contributed by atoms with Crippen molar-refractivity contribution in [2.45, 2.75) is 13.8 Å². The first-order valence-corrected chi connectivity index (χ1v) is 9.76. The number of aryl methyl sites for hydroxylation is 1. The standard InChI is InChI=1S/C24H21N3O4/c1-15-12-19(13-21-23(30)26(14-22(28)29)24(31)25-21)16(2)27(15)20-10-8-18(9-11-20)17-6-4-3-5-7-17/h3-13H,14H2,1-2H3,(H,25,31)(H,28,29)/b21-13-. The first-order valence-electron chi connectivity index (χ1n) is 9.76. The second kappa shape index (κ2) is 7.95. The topological polar surface area (TPSA) is 91.6 Å². The molecule has 31 heavy (non-hydrogen) atoms. The summed E-state index contributed by atoms with van der Waals surface area (Å²) in [6.45, 7) is 3.22. The van der Waals surface area contributed by atoms with Gasteiger partial charge in [0.05, 0.1) is 0 Å². The molecule has 7 heteroatoms. The van der Waals surface area contributed by atoms with Gasteiger partial charge in [0.25, 0.3) is 5.91 Å². The van der Waals surface area contributed by atoms with Gasteiger partial charge in [0.2, 0.25) is 0 Å². The molecule has 1 fully saturated rings. The van der Waals surface area contributed by atoms with Crippen molar-refractivity contribution in [2.75, 3.05) is 6.54 Å². The predicted octanol–water partition coefficient (Wildman–Crippen LogP) is 3.74. The van der Waals surface area contributed by atoms with Crippen LogP contribution >= 0.6 is 0 Å². The number of carboxylic acids is 1. The number of hydrogen-bond acceptors (Lipinski definition) is 3. The first kappa shape index (κ1) is 20.2. The molecule has 0 atom stereocenters. The SMILES string of the molecule is Cc1cc(/C=C2\NC(=O)N(CC(=O)O)C2=O)c(C)n1-c1ccc(-c2ccccc2)cc1. The van der Waals surface area contributed by atoms with Crippen LogP contribution in [0.3, 0.4) is 0 Å². The van der Waals surface area contributed by atoms with Crippen molar-refractivity contribution in [3.05, 3.63) is 83.3 Å². The molecule has 0 radical (unpaired) electrons. The molecule has 0 unspecified atom stereocenters. The zero-order valence-corrected chi connectivity index (χ0v) is 17.1. The van der Waals surface area contributed by atoms with E-state index in [2.05, 4.69) is 34.1 Å². The first-order chi connectivity index (χ1) is 14.8. The highest BCUT2D eigenvalue weighted by atomic mass is 16.4. The number of aliphatic carboxylic acids is 1. The molecule has 0 aliphatic carbocycles. The molecule has 7 nitrogen and oxygen atoms in total. The van der Waals surface area contributed by atoms with Gasteiger partial charge in [-0.1, -0.05) is 42.5 Å². The average molecular weight is 415 g/mol. The minimum absolute atomic E-state index is 0.0610. The van der Waals surface area contributed by atoms with Crippen LogP contribution in [0.4, 0.5) is 4.79 Å². The lowest BCUT2D eigenvalue weighted by molar-refractivity contribution is -0.140. The maximum atomic E-state index is 12.4. The van der Waals surface area contributed by atoms with E-state index in [4.69, 9.17) is 5.11 Å². The second-order valence-electron chi connectivity index (χ2n) is 7.35. The van der Waals surface area contributed by atoms with Crippen LogP contribution in [0.15, 0.2) is 66.4 Å². The van der Waals surface area contributed by atoms with Gasteiger partial charge < -0.3 is 15.0 Å². The van der Waals surface area contributed by atoms with Crippen LogP contribution in [0.1, 0.15) is 17.0 Å². The normalized spacial score (nSPS) is 14.9. The zero-order chi connectivity index (χ0) is 22.1. The summed E-state index contributed by atoms with van der Waals surface area (Å²) in [5.74, 6) is -1.90. The van der Waals surface area contributed by atoms with Crippen molar-refractivity contribution in [2.24, 2.45) is 0 Å². The molecule has 3 aromatic rings. The van der Waals surface area contributed by atoms with E-state index in [9.17, 15) is 14.4 Å². The smallest absolute Gasteiger partial charge is 0.329 e. The van der Waals surface area contributed by atoms with Crippen molar-refractivity contribution in [3.63, 3.8) is 0 Å². The van der Waals surface area contributed by atoms with Gasteiger partial charge in [0.15, 0.2) is 0 Å². The van der Waals surface area contributed by atoms with Crippen LogP contribution in [-0.4, -0.2) is 39.0 Å². The number of rotatable bonds is 5. The van der Waals surface area contributed by atoms with Crippen molar-refractivity contribution in [1.82, 2.24) is 14.8 Å². The molecule has 0 bridgehead atoms. The minimum Gasteiger partial charge on any atom is -0.480 e. The number of imide groups is 1. The maximum Gasteiger partial charge on any atom is 0.329 e. The summed E-state index contributed by atoms with van der Waals surface area (Å²) in [6, 6.07) is 19.5. The Bertz CT molecular complexity index is 1210. The van der Waals surface area contributed by atoms with Gasteiger partial charge in [-0.25, -0.2) is 9.69 Å². The Morgan fingerprint density at radius 1 is 1.00 bits per heavy atom. The molecule has 2 aromatic carbocycles. The van der Waals surface area contributed by atoms with Crippen LogP contribution in [0.25, 0.3) is 22.9 Å². The van der Waals surface area contributed by atoms with Gasteiger partial charge >= 0.3 is 12.0 Å². The number of urea groups is 1. The highest BCUT2D eigenvalue weighted by molar-refractivity contribution is 6.15. The van der Waals surface area contributed by atoms with Gasteiger partial charge in [-0.05, 0) is 54.8 Å². The van der Waals surface area contributed by atoms with Crippen LogP contribution in [0.5, 0.6) is 0 Å². The fourth-order valence-electron chi connectivity index (χ4n) is 3.77. The summed E-state index contributed by atoms with van der Waals surface area (Å²) in [7, 11) is 0. The zero-order valence-electron chi connectivity index (χ0n) is 17.1. The summed E-state index contributed by atoms with van der Waals surface area (Å²) in [4.78, 5) is 35.9. The maximum absolute atomic E-state index is 12.4. The van der Waals surface area contributed by atoms with Crippen LogP contribution in [-0.2, 0) is 9.59 Å². The summed E-state index contributed by atoms with van der Waals surface area (Å²) < 4.78 is 2.07. The third-order valence-corrected chi connectivity index (χ3v) is 5.26. The summed E-state index contributed by atoms with van der Waals surface area (Å²) in [5.41, 5.74) is 5.94. The van der Waals surface area contributed by atoms with Crippen molar-refractivity contribution < 1.29 is 19.5 Å². The molecule has 2 heterocycles. The number of carbonyl (C=O) groups is 3. The molecule has 1 aliphatic heterocycles. The van der Waals surface area contributed by atoms with Crippen molar-refractivity contribution >= 4 is 24.0 Å². The van der Waals surface area contributed by atoms with Crippen LogP contribution in [0.2, 0.25) is 0 Å². The van der Waals surface area contributed by atoms with E-state index >= 15 is 0 Å². The molecule has 1 aromatic heterocycles. The van der Waals surface area contributed by atoms with Gasteiger partial charge in [0.1, 0.15) is 12.2 Å². The Morgan fingerprint density at radius 2 is 1.65 bits per heavy atom. The second-order valence-corrected chi connectivity index (χ2v) is 7.35. The number of nitrogens with zero attached hydrogens (tertiary/aromatic N) is 2. The van der Waals surface area contributed by atoms with Crippen LogP contribution in [0, 0.1) is 13.8 Å². The van der Waals surface area contributed by atoms with E-state index in [-0.39, 0.29) is 5.70 Å². The molecule has 4 rings (SSSR count). The molecule has 0 saturated carbocycles. The van der Waals surface area contributed by atoms with E-state index in [0.717, 1.165) is 33.8 Å². The minimum atomic E-state index is -1.25. The van der Waals surface area contributed by atoms with Crippen molar-refractivity contribution in [1.29, 1.82) is 0 Å². The van der Waals surface area contributed by atoms with Gasteiger partial charge in [-0.2, -0.15) is 0 Å². The quantitative estimate of drug-likeness (QED) is 0.491. The molecule has 156 valence electrons. The summed E-state index contributed by atoms with van der Waals surface area (Å²) in [6.07, 6.45) is 1.58. The van der Waals surface area contributed by atoms with Crippen LogP contribution < -0.4 is 5.32 Å². The number of aromatic nitrogens is 1. The molecule has 1 aliphatic rings. The lowest BCUT2D eigenvalue weighted by Gasteiger charge is -2.11. The number of nitrogens with one attached hydrogen (secondary N) is 1. The van der Waals surface area contributed by atoms with Crippen molar-refractivity contribution in [3.8, 4) is 16.8 Å². The highest BCUT2D eigenvalue weighted by Gasteiger charge is 2.35. The number of amides is 3. The summed E-state index contributed by atoms with van der Waals surface area (Å²) in [5, 5.41) is 11.3. The van der Waals surface area contributed by atoms with E-state index in [1.54, 1.807) is 6.08 Å². The fourth-order valence-corrected chi connectivity index (χ4v) is 3.77. The third kappa shape index (κ3) is 3.85. The van der Waals surface area contributed by atoms with E-state index in [1.807, 2.05) is 50.2 Å². The van der Waals surface area contributed by atoms with Gasteiger partial charge in [0, 0.05) is 17.1 Å². The highest BCUT2D eigenvalue weighted by Crippen LogP contribution is 2.26. The third-order valence-electron chi connectivity index (χ3n) is 5.26.